The summed E-state index contributed by atoms with van der Waals surface area (Å²) in [5, 5.41) is 15.3. The number of aliphatic hydroxyl groups is 1. The summed E-state index contributed by atoms with van der Waals surface area (Å²) in [4.78, 5) is 14.9. The fourth-order valence-electron chi connectivity index (χ4n) is 5.40. The molecule has 2 saturated heterocycles. The number of anilines is 1. The number of carbonyl (C=O) groups is 1. The van der Waals surface area contributed by atoms with E-state index in [1.807, 2.05) is 78.9 Å². The van der Waals surface area contributed by atoms with E-state index in [1.54, 1.807) is 0 Å². The normalized spacial score (nSPS) is 23.7. The second-order valence-corrected chi connectivity index (χ2v) is 10.6. The summed E-state index contributed by atoms with van der Waals surface area (Å²) >= 11 is 0. The first kappa shape index (κ1) is 27.3. The summed E-state index contributed by atoms with van der Waals surface area (Å²) in [5.74, 6) is 0.164. The molecule has 3 aromatic rings. The first-order valence-corrected chi connectivity index (χ1v) is 14.0. The van der Waals surface area contributed by atoms with Crippen LogP contribution >= 0.6 is 0 Å². The summed E-state index contributed by atoms with van der Waals surface area (Å²) in [6, 6.07) is 25.3. The Labute approximate surface area is 231 Å². The molecular weight excluding hydrogens is 490 g/mol. The van der Waals surface area contributed by atoms with Gasteiger partial charge in [0.2, 0.25) is 0 Å². The van der Waals surface area contributed by atoms with E-state index in [2.05, 4.69) is 22.5 Å². The molecule has 3 N–H and O–H groups in total. The molecule has 206 valence electrons. The Bertz CT molecular complexity index is 1180. The van der Waals surface area contributed by atoms with Gasteiger partial charge < -0.3 is 30.1 Å². The van der Waals surface area contributed by atoms with Gasteiger partial charge in [-0.3, -0.25) is 0 Å². The molecule has 2 aliphatic rings. The van der Waals surface area contributed by atoms with Crippen molar-refractivity contribution in [2.45, 2.75) is 57.8 Å². The molecule has 39 heavy (non-hydrogen) atoms. The van der Waals surface area contributed by atoms with Crippen LogP contribution in [0.15, 0.2) is 78.9 Å². The molecule has 2 fully saturated rings. The number of hydrogen-bond acceptors (Lipinski definition) is 5. The number of hydrogen-bond donors (Lipinski definition) is 3. The number of piperidine rings is 1. The number of nitrogens with one attached hydrogen (secondary N) is 2. The molecule has 2 heterocycles. The van der Waals surface area contributed by atoms with Crippen molar-refractivity contribution >= 4 is 11.7 Å². The van der Waals surface area contributed by atoms with Crippen LogP contribution in [0.2, 0.25) is 0 Å². The molecule has 2 amide bonds. The molecule has 0 bridgehead atoms. The van der Waals surface area contributed by atoms with Crippen LogP contribution in [0.3, 0.4) is 0 Å². The minimum absolute atomic E-state index is 0.0194. The summed E-state index contributed by atoms with van der Waals surface area (Å²) in [6.45, 7) is 5.80. The summed E-state index contributed by atoms with van der Waals surface area (Å²) in [7, 11) is 0. The van der Waals surface area contributed by atoms with Gasteiger partial charge in [0.25, 0.3) is 0 Å². The van der Waals surface area contributed by atoms with E-state index >= 15 is 0 Å². The van der Waals surface area contributed by atoms with Gasteiger partial charge in [-0.05, 0) is 54.8 Å². The lowest BCUT2D eigenvalue weighted by atomic mass is 9.89. The number of rotatable bonds is 8. The van der Waals surface area contributed by atoms with Crippen molar-refractivity contribution in [1.82, 2.24) is 10.2 Å². The predicted molar refractivity (Wildman–Crippen MR) is 152 cm³/mol. The molecular formula is C32H39N3O4. The third kappa shape index (κ3) is 7.25. The number of likely N-dealkylation sites (tertiary alicyclic amines) is 1. The van der Waals surface area contributed by atoms with Crippen LogP contribution in [0.25, 0.3) is 0 Å². The molecule has 0 aromatic heterocycles. The van der Waals surface area contributed by atoms with Gasteiger partial charge in [0, 0.05) is 30.3 Å². The zero-order valence-electron chi connectivity index (χ0n) is 22.6. The highest BCUT2D eigenvalue weighted by Crippen LogP contribution is 2.42. The maximum absolute atomic E-state index is 12.4. The van der Waals surface area contributed by atoms with E-state index in [0.29, 0.717) is 12.2 Å². The van der Waals surface area contributed by atoms with Crippen LogP contribution in [0.5, 0.6) is 0 Å². The minimum atomic E-state index is -0.514. The van der Waals surface area contributed by atoms with E-state index < -0.39 is 6.29 Å². The number of urea groups is 1. The third-order valence-corrected chi connectivity index (χ3v) is 7.75. The Kier molecular flexibility index (Phi) is 9.27. The average Bonchev–Trinajstić information content (AvgIpc) is 2.99. The number of nitrogens with zero attached hydrogens (tertiary/aromatic N) is 1. The van der Waals surface area contributed by atoms with Crippen molar-refractivity contribution in [3.8, 4) is 0 Å². The van der Waals surface area contributed by atoms with Gasteiger partial charge in [-0.1, -0.05) is 80.1 Å². The quantitative estimate of drug-likeness (QED) is 0.345. The van der Waals surface area contributed by atoms with Crippen molar-refractivity contribution in [2.75, 3.05) is 25.0 Å². The molecule has 4 atom stereocenters. The molecule has 0 saturated carbocycles. The van der Waals surface area contributed by atoms with E-state index in [-0.39, 0.29) is 30.8 Å². The number of aliphatic hydroxyl groups excluding tert-OH is 1. The van der Waals surface area contributed by atoms with Crippen LogP contribution in [0.1, 0.15) is 60.8 Å². The summed E-state index contributed by atoms with van der Waals surface area (Å²) in [5.41, 5.74) is 4.64. The topological polar surface area (TPSA) is 83.1 Å². The zero-order chi connectivity index (χ0) is 27.0. The van der Waals surface area contributed by atoms with Gasteiger partial charge in [0.15, 0.2) is 6.29 Å². The maximum Gasteiger partial charge on any atom is 0.319 e. The first-order valence-electron chi connectivity index (χ1n) is 14.0. The number of benzene rings is 3. The molecule has 0 aliphatic carbocycles. The zero-order valence-corrected chi connectivity index (χ0v) is 22.6. The molecule has 2 aliphatic heterocycles. The fourth-order valence-corrected chi connectivity index (χ4v) is 5.40. The second-order valence-electron chi connectivity index (χ2n) is 10.6. The Hall–Kier alpha value is -3.23. The van der Waals surface area contributed by atoms with Crippen molar-refractivity contribution in [3.05, 3.63) is 101 Å². The monoisotopic (exact) mass is 529 g/mol. The summed E-state index contributed by atoms with van der Waals surface area (Å²) in [6.07, 6.45) is 3.15. The van der Waals surface area contributed by atoms with Gasteiger partial charge >= 0.3 is 6.03 Å². The van der Waals surface area contributed by atoms with Gasteiger partial charge in [-0.25, -0.2) is 4.79 Å². The van der Waals surface area contributed by atoms with Crippen LogP contribution in [-0.2, 0) is 22.6 Å². The van der Waals surface area contributed by atoms with Crippen molar-refractivity contribution < 1.29 is 19.4 Å². The van der Waals surface area contributed by atoms with E-state index in [0.717, 1.165) is 41.9 Å². The van der Waals surface area contributed by atoms with Crippen molar-refractivity contribution in [3.63, 3.8) is 0 Å². The Morgan fingerprint density at radius 1 is 0.872 bits per heavy atom. The number of carbonyl (C=O) groups excluding carboxylic acids is 1. The highest BCUT2D eigenvalue weighted by Gasteiger charge is 2.39. The lowest BCUT2D eigenvalue weighted by Gasteiger charge is -2.43. The predicted octanol–water partition coefficient (Wildman–Crippen LogP) is 5.78. The van der Waals surface area contributed by atoms with Crippen LogP contribution in [0, 0.1) is 5.92 Å². The lowest BCUT2D eigenvalue weighted by Crippen LogP contribution is -2.45. The second kappa shape index (κ2) is 13.2. The van der Waals surface area contributed by atoms with Crippen molar-refractivity contribution in [1.29, 1.82) is 0 Å². The lowest BCUT2D eigenvalue weighted by molar-refractivity contribution is -0.276. The standard InChI is InChI=1S/C32H39N3O4/c1-23-29(21-35-18-6-3-7-19-35)38-31(39-30(23)26-12-10-25(22-36)11-13-26)27-14-16-28(17-15-27)34-32(37)33-20-24-8-4-2-5-9-24/h2,4-5,8-17,23,29-31,36H,3,6-7,18-22H2,1H3,(H2,33,34,37). The number of ether oxygens (including phenoxy) is 2. The highest BCUT2D eigenvalue weighted by molar-refractivity contribution is 5.89. The smallest absolute Gasteiger partial charge is 0.319 e. The Balaban J connectivity index is 1.27. The Morgan fingerprint density at radius 2 is 1.56 bits per heavy atom. The molecule has 0 radical (unpaired) electrons. The van der Waals surface area contributed by atoms with Crippen LogP contribution < -0.4 is 10.6 Å². The third-order valence-electron chi connectivity index (χ3n) is 7.75. The molecule has 7 heteroatoms. The van der Waals surface area contributed by atoms with E-state index in [1.165, 1.54) is 19.3 Å². The van der Waals surface area contributed by atoms with Crippen LogP contribution in [0.4, 0.5) is 10.5 Å². The Morgan fingerprint density at radius 3 is 2.26 bits per heavy atom. The van der Waals surface area contributed by atoms with Gasteiger partial charge in [-0.15, -0.1) is 0 Å². The molecule has 7 nitrogen and oxygen atoms in total. The van der Waals surface area contributed by atoms with Crippen LogP contribution in [-0.4, -0.2) is 41.8 Å². The fraction of sp³-hybridized carbons (Fsp3) is 0.406. The highest BCUT2D eigenvalue weighted by atomic mass is 16.7. The largest absolute Gasteiger partial charge is 0.392 e. The number of amides is 2. The first-order chi connectivity index (χ1) is 19.1. The molecule has 3 aromatic carbocycles. The summed E-state index contributed by atoms with van der Waals surface area (Å²) < 4.78 is 13.2. The molecule has 0 spiro atoms. The van der Waals surface area contributed by atoms with Gasteiger partial charge in [0.1, 0.15) is 0 Å². The van der Waals surface area contributed by atoms with Gasteiger partial charge in [0.05, 0.1) is 18.8 Å². The SMILES string of the molecule is CC1C(CN2CCCCC2)OC(c2ccc(NC(=O)NCc3ccccc3)cc2)OC1c1ccc(CO)cc1. The molecule has 4 unspecified atom stereocenters. The van der Waals surface area contributed by atoms with Crippen molar-refractivity contribution in [2.24, 2.45) is 5.92 Å². The van der Waals surface area contributed by atoms with E-state index in [4.69, 9.17) is 9.47 Å². The minimum Gasteiger partial charge on any atom is -0.392 e. The van der Waals surface area contributed by atoms with Gasteiger partial charge in [-0.2, -0.15) is 0 Å². The maximum atomic E-state index is 12.4. The average molecular weight is 530 g/mol. The van der Waals surface area contributed by atoms with E-state index in [9.17, 15) is 9.90 Å². The molecule has 5 rings (SSSR count).